The van der Waals surface area contributed by atoms with Gasteiger partial charge in [-0.1, -0.05) is 65.7 Å². The molecule has 5 rings (SSSR count). The summed E-state index contributed by atoms with van der Waals surface area (Å²) in [6, 6.07) is 28.9. The molecule has 0 spiro atoms. The molecule has 36 heavy (non-hydrogen) atoms. The predicted molar refractivity (Wildman–Crippen MR) is 150 cm³/mol. The number of halogens is 1. The van der Waals surface area contributed by atoms with Crippen molar-refractivity contribution in [1.29, 1.82) is 0 Å². The van der Waals surface area contributed by atoms with Crippen molar-refractivity contribution in [3.8, 4) is 16.9 Å². The highest BCUT2D eigenvalue weighted by atomic mass is 35.5. The fourth-order valence-electron chi connectivity index (χ4n) is 4.09. The lowest BCUT2D eigenvalue weighted by molar-refractivity contribution is -0.118. The van der Waals surface area contributed by atoms with Crippen molar-refractivity contribution < 1.29 is 9.90 Å². The molecule has 4 aromatic rings. The minimum Gasteiger partial charge on any atom is -0.508 e. The number of benzene rings is 4. The Balaban J connectivity index is 0.000000187. The summed E-state index contributed by atoms with van der Waals surface area (Å²) >= 11 is 6.12. The zero-order valence-corrected chi connectivity index (χ0v) is 21.4. The van der Waals surface area contributed by atoms with Gasteiger partial charge in [-0.3, -0.25) is 9.79 Å². The smallest absolute Gasteiger partial charge is 0.175 e. The topological polar surface area (TPSA) is 61.7 Å². The Morgan fingerprint density at radius 2 is 1.61 bits per heavy atom. The van der Waals surface area contributed by atoms with Crippen molar-refractivity contribution in [2.75, 3.05) is 11.9 Å². The van der Waals surface area contributed by atoms with Crippen molar-refractivity contribution in [2.24, 2.45) is 4.99 Å². The van der Waals surface area contributed by atoms with Gasteiger partial charge in [-0.05, 0) is 79.9 Å². The summed E-state index contributed by atoms with van der Waals surface area (Å²) in [4.78, 5) is 16.6. The number of phenolic OH excluding ortho intramolecular Hbond substituents is 1. The summed E-state index contributed by atoms with van der Waals surface area (Å²) < 4.78 is 0. The summed E-state index contributed by atoms with van der Waals surface area (Å²) in [7, 11) is 0. The largest absolute Gasteiger partial charge is 0.508 e. The molecule has 2 N–H and O–H groups in total. The first-order valence-electron chi connectivity index (χ1n) is 11.9. The molecule has 4 nitrogen and oxygen atoms in total. The van der Waals surface area contributed by atoms with Crippen LogP contribution in [-0.2, 0) is 4.79 Å². The Hall–Kier alpha value is -3.89. The number of nitrogens with one attached hydrogen (secondary N) is 1. The monoisotopic (exact) mass is 496 g/mol. The second-order valence-corrected chi connectivity index (χ2v) is 9.33. The lowest BCUT2D eigenvalue weighted by Gasteiger charge is -2.20. The number of nitrogens with zero attached hydrogens (tertiary/aromatic N) is 1. The van der Waals surface area contributed by atoms with E-state index in [0.29, 0.717) is 10.7 Å². The van der Waals surface area contributed by atoms with E-state index in [-0.39, 0.29) is 18.1 Å². The molecule has 1 aliphatic heterocycles. The predicted octanol–water partition coefficient (Wildman–Crippen LogP) is 7.24. The Labute approximate surface area is 217 Å². The van der Waals surface area contributed by atoms with Crippen molar-refractivity contribution in [3.63, 3.8) is 0 Å². The van der Waals surface area contributed by atoms with Crippen molar-refractivity contribution in [3.05, 3.63) is 118 Å². The number of carbonyl (C=O) groups is 1. The Morgan fingerprint density at radius 3 is 2.33 bits per heavy atom. The number of fused-ring (bicyclic) bond motifs is 1. The number of anilines is 1. The van der Waals surface area contributed by atoms with Gasteiger partial charge in [0.25, 0.3) is 0 Å². The van der Waals surface area contributed by atoms with Crippen LogP contribution in [0.5, 0.6) is 5.75 Å². The van der Waals surface area contributed by atoms with Gasteiger partial charge in [0.2, 0.25) is 0 Å². The third kappa shape index (κ3) is 6.02. The Kier molecular flexibility index (Phi) is 7.87. The van der Waals surface area contributed by atoms with Crippen LogP contribution in [0.1, 0.15) is 29.2 Å². The van der Waals surface area contributed by atoms with Crippen LogP contribution in [-0.4, -0.2) is 29.2 Å². The quantitative estimate of drug-likeness (QED) is 0.307. The minimum absolute atomic E-state index is 0.0249. The first kappa shape index (κ1) is 25.2. The first-order chi connectivity index (χ1) is 17.3. The number of hydrogen-bond acceptors (Lipinski definition) is 4. The average molecular weight is 497 g/mol. The average Bonchev–Trinajstić information content (AvgIpc) is 2.87. The minimum atomic E-state index is -0.441. The first-order valence-corrected chi connectivity index (χ1v) is 12.3. The van der Waals surface area contributed by atoms with Crippen LogP contribution < -0.4 is 5.32 Å². The van der Waals surface area contributed by atoms with E-state index >= 15 is 0 Å². The van der Waals surface area contributed by atoms with E-state index in [1.54, 1.807) is 37.3 Å². The van der Waals surface area contributed by atoms with Gasteiger partial charge in [-0.15, -0.1) is 0 Å². The van der Waals surface area contributed by atoms with Crippen LogP contribution in [0, 0.1) is 13.8 Å². The van der Waals surface area contributed by atoms with Gasteiger partial charge < -0.3 is 10.4 Å². The molecule has 1 heterocycles. The van der Waals surface area contributed by atoms with E-state index in [9.17, 15) is 9.90 Å². The number of rotatable bonds is 2. The molecule has 0 saturated carbocycles. The van der Waals surface area contributed by atoms with E-state index < -0.39 is 6.04 Å². The van der Waals surface area contributed by atoms with Crippen LogP contribution in [0.4, 0.5) is 5.69 Å². The lowest BCUT2D eigenvalue weighted by atomic mass is 9.98. The number of aromatic hydroxyl groups is 1. The highest BCUT2D eigenvalue weighted by molar-refractivity contribution is 6.31. The molecule has 0 saturated heterocycles. The van der Waals surface area contributed by atoms with Crippen LogP contribution >= 0.6 is 11.6 Å². The molecule has 1 unspecified atom stereocenters. The normalized spacial score (nSPS) is 14.8. The number of aliphatic imine (C=N–C) groups is 1. The Bertz CT molecular complexity index is 1410. The SMILES string of the molecule is CC1N=C(c2ccc(O)cc2)c2cc(Cl)ccc2NCC1=O.Cc1cccc(-c2ccccc2C)c1. The van der Waals surface area contributed by atoms with Gasteiger partial charge >= 0.3 is 0 Å². The molecule has 0 fully saturated rings. The van der Waals surface area contributed by atoms with Crippen molar-refractivity contribution in [2.45, 2.75) is 26.8 Å². The molecule has 182 valence electrons. The second kappa shape index (κ2) is 11.2. The van der Waals surface area contributed by atoms with Gasteiger partial charge in [-0.2, -0.15) is 0 Å². The number of phenols is 1. The fraction of sp³-hybridized carbons (Fsp3) is 0.161. The molecule has 0 aliphatic carbocycles. The van der Waals surface area contributed by atoms with Gasteiger partial charge in [0, 0.05) is 21.8 Å². The number of ketones is 1. The van der Waals surface area contributed by atoms with E-state index in [0.717, 1.165) is 16.8 Å². The summed E-state index contributed by atoms with van der Waals surface area (Å²) in [5, 5.41) is 13.2. The maximum atomic E-state index is 12.0. The molecule has 4 aromatic carbocycles. The molecule has 0 radical (unpaired) electrons. The molecule has 0 amide bonds. The number of Topliss-reactive ketones (excluding diaryl/α,β-unsaturated/α-hetero) is 1. The third-order valence-corrected chi connectivity index (χ3v) is 6.33. The van der Waals surface area contributed by atoms with Gasteiger partial charge in [0.15, 0.2) is 5.78 Å². The number of carbonyl (C=O) groups excluding carboxylic acids is 1. The zero-order valence-electron chi connectivity index (χ0n) is 20.6. The van der Waals surface area contributed by atoms with Crippen LogP contribution in [0.2, 0.25) is 5.02 Å². The summed E-state index contributed by atoms with van der Waals surface area (Å²) in [5.74, 6) is 0.209. The zero-order chi connectivity index (χ0) is 25.7. The lowest BCUT2D eigenvalue weighted by Crippen LogP contribution is -2.28. The molecule has 0 bridgehead atoms. The van der Waals surface area contributed by atoms with Crippen molar-refractivity contribution in [1.82, 2.24) is 0 Å². The molecular weight excluding hydrogens is 468 g/mol. The molecule has 1 aliphatic rings. The summed E-state index contributed by atoms with van der Waals surface area (Å²) in [6.07, 6.45) is 0. The number of aryl methyl sites for hydroxylation is 2. The van der Waals surface area contributed by atoms with Crippen molar-refractivity contribution >= 4 is 28.8 Å². The Morgan fingerprint density at radius 1 is 0.861 bits per heavy atom. The van der Waals surface area contributed by atoms with Gasteiger partial charge in [0.1, 0.15) is 11.8 Å². The molecule has 0 aromatic heterocycles. The highest BCUT2D eigenvalue weighted by Gasteiger charge is 2.21. The highest BCUT2D eigenvalue weighted by Crippen LogP contribution is 2.27. The maximum Gasteiger partial charge on any atom is 0.175 e. The van der Waals surface area contributed by atoms with Gasteiger partial charge in [0.05, 0.1) is 12.3 Å². The van der Waals surface area contributed by atoms with Crippen LogP contribution in [0.3, 0.4) is 0 Å². The summed E-state index contributed by atoms with van der Waals surface area (Å²) in [5.41, 5.74) is 8.45. The van der Waals surface area contributed by atoms with Crippen LogP contribution in [0.15, 0.2) is 96.0 Å². The maximum absolute atomic E-state index is 12.0. The standard InChI is InChI=1S/C17H15ClN2O2.C14H14/c1-10-16(22)9-19-15-7-4-12(18)8-14(15)17(20-10)11-2-5-13(21)6-3-11;1-11-6-5-8-13(10-11)14-9-4-3-7-12(14)2/h2-8,10,19,21H,9H2,1H3;3-10H,1-2H3. The van der Waals surface area contributed by atoms with Crippen LogP contribution in [0.25, 0.3) is 11.1 Å². The third-order valence-electron chi connectivity index (χ3n) is 6.09. The number of hydrogen-bond donors (Lipinski definition) is 2. The summed E-state index contributed by atoms with van der Waals surface area (Å²) in [6.45, 7) is 6.29. The molecule has 1 atom stereocenters. The molecular formula is C31H29ClN2O2. The second-order valence-electron chi connectivity index (χ2n) is 8.89. The van der Waals surface area contributed by atoms with E-state index in [2.05, 4.69) is 72.7 Å². The molecule has 5 heteroatoms. The van der Waals surface area contributed by atoms with E-state index in [1.165, 1.54) is 22.3 Å². The van der Waals surface area contributed by atoms with Gasteiger partial charge in [-0.25, -0.2) is 0 Å². The van der Waals surface area contributed by atoms with E-state index in [1.807, 2.05) is 12.1 Å². The fourth-order valence-corrected chi connectivity index (χ4v) is 4.26. The van der Waals surface area contributed by atoms with E-state index in [4.69, 9.17) is 11.6 Å².